The Morgan fingerprint density at radius 3 is 2.65 bits per heavy atom. The second-order valence-electron chi connectivity index (χ2n) is 5.41. The normalized spacial score (nSPS) is 12.9. The molecule has 0 aliphatic carbocycles. The molecular weight excluding hydrogens is 322 g/mol. The molecule has 112 valence electrons. The van der Waals surface area contributed by atoms with Gasteiger partial charge in [0.25, 0.3) is 5.91 Å². The van der Waals surface area contributed by atoms with Crippen LogP contribution in [0, 0.1) is 0 Å². The summed E-state index contributed by atoms with van der Waals surface area (Å²) in [5.41, 5.74) is 0.542. The van der Waals surface area contributed by atoms with Gasteiger partial charge < -0.3 is 15.2 Å². The molecule has 0 saturated heterocycles. The molecule has 1 aromatic rings. The maximum absolute atomic E-state index is 12.1. The Hall–Kier alpha value is -1.07. The second kappa shape index (κ2) is 7.09. The lowest BCUT2D eigenvalue weighted by Crippen LogP contribution is -2.48. The van der Waals surface area contributed by atoms with Crippen molar-refractivity contribution in [2.75, 3.05) is 0 Å². The Labute approximate surface area is 128 Å². The third kappa shape index (κ3) is 4.80. The molecule has 0 bridgehead atoms. The number of aliphatic hydroxyl groups is 1. The van der Waals surface area contributed by atoms with Gasteiger partial charge in [-0.1, -0.05) is 13.0 Å². The van der Waals surface area contributed by atoms with Crippen molar-refractivity contribution < 1.29 is 14.6 Å². The van der Waals surface area contributed by atoms with Crippen LogP contribution in [0.3, 0.4) is 0 Å². The molecule has 2 N–H and O–H groups in total. The van der Waals surface area contributed by atoms with Gasteiger partial charge in [0.15, 0.2) is 6.10 Å². The lowest BCUT2D eigenvalue weighted by molar-refractivity contribution is -0.129. The summed E-state index contributed by atoms with van der Waals surface area (Å²) >= 11 is 3.37. The minimum atomic E-state index is -0.586. The summed E-state index contributed by atoms with van der Waals surface area (Å²) in [5.74, 6) is 0.439. The van der Waals surface area contributed by atoms with Gasteiger partial charge in [-0.25, -0.2) is 0 Å². The summed E-state index contributed by atoms with van der Waals surface area (Å²) in [6.07, 6.45) is 0.262. The number of ether oxygens (including phenoxy) is 1. The minimum absolute atomic E-state index is 0.0282. The predicted molar refractivity (Wildman–Crippen MR) is 82.7 cm³/mol. The van der Waals surface area contributed by atoms with Crippen LogP contribution >= 0.6 is 15.9 Å². The third-order valence-corrected chi connectivity index (χ3v) is 3.82. The van der Waals surface area contributed by atoms with Gasteiger partial charge >= 0.3 is 0 Å². The minimum Gasteiger partial charge on any atom is -0.480 e. The topological polar surface area (TPSA) is 58.6 Å². The van der Waals surface area contributed by atoms with E-state index in [4.69, 9.17) is 9.84 Å². The van der Waals surface area contributed by atoms with Crippen LogP contribution in [-0.4, -0.2) is 22.7 Å². The molecule has 0 fully saturated rings. The second-order valence-corrected chi connectivity index (χ2v) is 6.26. The number of carbonyl (C=O) groups is 1. The third-order valence-electron chi connectivity index (χ3n) is 3.20. The zero-order valence-electron chi connectivity index (χ0n) is 12.4. The predicted octanol–water partition coefficient (Wildman–Crippen LogP) is 3.01. The fourth-order valence-corrected chi connectivity index (χ4v) is 2.03. The van der Waals surface area contributed by atoms with Crippen LogP contribution in [0.5, 0.6) is 5.75 Å². The molecule has 0 spiro atoms. The van der Waals surface area contributed by atoms with Gasteiger partial charge in [0.05, 0.1) is 11.1 Å². The van der Waals surface area contributed by atoms with Crippen molar-refractivity contribution in [3.8, 4) is 5.75 Å². The highest BCUT2D eigenvalue weighted by molar-refractivity contribution is 9.10. The number of hydrogen-bond donors (Lipinski definition) is 2. The molecule has 1 atom stereocenters. The van der Waals surface area contributed by atoms with Crippen LogP contribution in [0.15, 0.2) is 22.7 Å². The standard InChI is InChI=1S/C15H22BrNO3/c1-5-15(3,4)17-14(19)10(2)20-13-7-6-11(9-18)8-12(13)16/h6-8,10,18H,5,9H2,1-4H3,(H,17,19). The van der Waals surface area contributed by atoms with E-state index >= 15 is 0 Å². The molecule has 0 radical (unpaired) electrons. The number of aliphatic hydroxyl groups excluding tert-OH is 1. The van der Waals surface area contributed by atoms with Crippen LogP contribution in [0.4, 0.5) is 0 Å². The van der Waals surface area contributed by atoms with Crippen molar-refractivity contribution in [1.82, 2.24) is 5.32 Å². The maximum Gasteiger partial charge on any atom is 0.261 e. The Morgan fingerprint density at radius 2 is 2.15 bits per heavy atom. The molecule has 0 saturated carbocycles. The van der Waals surface area contributed by atoms with Gasteiger partial charge in [-0.15, -0.1) is 0 Å². The summed E-state index contributed by atoms with van der Waals surface area (Å²) in [6, 6.07) is 5.28. The van der Waals surface area contributed by atoms with E-state index < -0.39 is 6.10 Å². The van der Waals surface area contributed by atoms with E-state index in [1.54, 1.807) is 25.1 Å². The highest BCUT2D eigenvalue weighted by atomic mass is 79.9. The molecule has 0 aliphatic heterocycles. The Kier molecular flexibility index (Phi) is 6.02. The van der Waals surface area contributed by atoms with E-state index in [9.17, 15) is 4.79 Å². The molecule has 5 heteroatoms. The lowest BCUT2D eigenvalue weighted by atomic mass is 10.0. The average molecular weight is 344 g/mol. The van der Waals surface area contributed by atoms with Crippen molar-refractivity contribution in [2.45, 2.75) is 52.4 Å². The van der Waals surface area contributed by atoms with Crippen molar-refractivity contribution in [3.63, 3.8) is 0 Å². The number of nitrogens with one attached hydrogen (secondary N) is 1. The molecule has 1 amide bonds. The molecule has 4 nitrogen and oxygen atoms in total. The van der Waals surface area contributed by atoms with E-state index in [1.165, 1.54) is 0 Å². The van der Waals surface area contributed by atoms with Gasteiger partial charge in [0, 0.05) is 5.54 Å². The van der Waals surface area contributed by atoms with Crippen molar-refractivity contribution >= 4 is 21.8 Å². The Balaban J connectivity index is 2.71. The number of carbonyl (C=O) groups excluding carboxylic acids is 1. The largest absolute Gasteiger partial charge is 0.480 e. The van der Waals surface area contributed by atoms with Gasteiger partial charge in [-0.2, -0.15) is 0 Å². The zero-order chi connectivity index (χ0) is 15.3. The lowest BCUT2D eigenvalue weighted by Gasteiger charge is -2.26. The molecular formula is C15H22BrNO3. The summed E-state index contributed by atoms with van der Waals surface area (Å²) in [7, 11) is 0. The first-order valence-corrected chi connectivity index (χ1v) is 7.46. The van der Waals surface area contributed by atoms with Crippen molar-refractivity contribution in [3.05, 3.63) is 28.2 Å². The van der Waals surface area contributed by atoms with Gasteiger partial charge in [0.1, 0.15) is 5.75 Å². The molecule has 0 aromatic heterocycles. The summed E-state index contributed by atoms with van der Waals surface area (Å²) < 4.78 is 6.38. The number of benzene rings is 1. The van der Waals surface area contributed by atoms with E-state index in [1.807, 2.05) is 20.8 Å². The highest BCUT2D eigenvalue weighted by Crippen LogP contribution is 2.27. The first kappa shape index (κ1) is 17.0. The number of rotatable bonds is 6. The smallest absolute Gasteiger partial charge is 0.261 e. The number of halogens is 1. The summed E-state index contributed by atoms with van der Waals surface area (Å²) in [4.78, 5) is 12.1. The fraction of sp³-hybridized carbons (Fsp3) is 0.533. The van der Waals surface area contributed by atoms with Crippen LogP contribution < -0.4 is 10.1 Å². The fourth-order valence-electron chi connectivity index (χ4n) is 1.51. The van der Waals surface area contributed by atoms with Gasteiger partial charge in [-0.05, 0) is 60.8 Å². The molecule has 1 unspecified atom stereocenters. The van der Waals surface area contributed by atoms with Gasteiger partial charge in [0.2, 0.25) is 0 Å². The van der Waals surface area contributed by atoms with Crippen LogP contribution in [0.2, 0.25) is 0 Å². The average Bonchev–Trinajstić information content (AvgIpc) is 2.40. The van der Waals surface area contributed by atoms with Crippen molar-refractivity contribution in [1.29, 1.82) is 0 Å². The van der Waals surface area contributed by atoms with Gasteiger partial charge in [-0.3, -0.25) is 4.79 Å². The molecule has 0 heterocycles. The Morgan fingerprint density at radius 1 is 1.50 bits per heavy atom. The van der Waals surface area contributed by atoms with E-state index in [2.05, 4.69) is 21.2 Å². The van der Waals surface area contributed by atoms with Crippen LogP contribution in [0.1, 0.15) is 39.7 Å². The Bertz CT molecular complexity index is 474. The zero-order valence-corrected chi connectivity index (χ0v) is 14.0. The number of amides is 1. The van der Waals surface area contributed by atoms with Crippen molar-refractivity contribution in [2.24, 2.45) is 0 Å². The summed E-state index contributed by atoms with van der Waals surface area (Å²) in [6.45, 7) is 7.66. The van der Waals surface area contributed by atoms with E-state index in [0.717, 1.165) is 16.5 Å². The quantitative estimate of drug-likeness (QED) is 0.834. The molecule has 0 aliphatic rings. The molecule has 1 rings (SSSR count). The molecule has 20 heavy (non-hydrogen) atoms. The highest BCUT2D eigenvalue weighted by Gasteiger charge is 2.23. The first-order valence-electron chi connectivity index (χ1n) is 6.67. The SMILES string of the molecule is CCC(C)(C)NC(=O)C(C)Oc1ccc(CO)cc1Br. The summed E-state index contributed by atoms with van der Waals surface area (Å²) in [5, 5.41) is 12.0. The maximum atomic E-state index is 12.1. The van der Waals surface area contributed by atoms with E-state index in [-0.39, 0.29) is 18.1 Å². The monoisotopic (exact) mass is 343 g/mol. The first-order chi connectivity index (χ1) is 9.29. The number of hydrogen-bond acceptors (Lipinski definition) is 3. The molecule has 1 aromatic carbocycles. The van der Waals surface area contributed by atoms with E-state index in [0.29, 0.717) is 5.75 Å². The van der Waals surface area contributed by atoms with Crippen LogP contribution in [0.25, 0.3) is 0 Å². The van der Waals surface area contributed by atoms with Crippen LogP contribution in [-0.2, 0) is 11.4 Å².